The van der Waals surface area contributed by atoms with Gasteiger partial charge in [0.15, 0.2) is 5.78 Å². The third kappa shape index (κ3) is 4.95. The lowest BCUT2D eigenvalue weighted by Crippen LogP contribution is -2.14. The first kappa shape index (κ1) is 14.3. The predicted octanol–water partition coefficient (Wildman–Crippen LogP) is 4.49. The van der Waals surface area contributed by atoms with Crippen LogP contribution in [0.15, 0.2) is 24.3 Å². The van der Waals surface area contributed by atoms with Crippen molar-refractivity contribution in [3.8, 4) is 0 Å². The zero-order valence-corrected chi connectivity index (χ0v) is 11.8. The first-order valence-electron chi connectivity index (χ1n) is 6.37. The highest BCUT2D eigenvalue weighted by Gasteiger charge is 2.14. The SMILES string of the molecule is CCCCCSC(C)C(=O)c1ccc(C)cc1. The maximum absolute atomic E-state index is 12.1. The van der Waals surface area contributed by atoms with Gasteiger partial charge in [0.2, 0.25) is 0 Å². The number of carbonyl (C=O) groups excluding carboxylic acids is 1. The standard InChI is InChI=1S/C15H22OS/c1-4-5-6-11-17-13(3)15(16)14-9-7-12(2)8-10-14/h7-10,13H,4-6,11H2,1-3H3. The van der Waals surface area contributed by atoms with Crippen molar-refractivity contribution in [2.45, 2.75) is 45.3 Å². The summed E-state index contributed by atoms with van der Waals surface area (Å²) >= 11 is 1.77. The van der Waals surface area contributed by atoms with Gasteiger partial charge >= 0.3 is 0 Å². The van der Waals surface area contributed by atoms with Gasteiger partial charge in [0.05, 0.1) is 5.25 Å². The second-order valence-electron chi connectivity index (χ2n) is 4.45. The van der Waals surface area contributed by atoms with Crippen LogP contribution in [0, 0.1) is 6.92 Å². The van der Waals surface area contributed by atoms with Gasteiger partial charge in [-0.25, -0.2) is 0 Å². The molecule has 0 aliphatic heterocycles. The number of ketones is 1. The maximum Gasteiger partial charge on any atom is 0.175 e. The van der Waals surface area contributed by atoms with Crippen molar-refractivity contribution in [2.75, 3.05) is 5.75 Å². The Bertz CT molecular complexity index is 342. The van der Waals surface area contributed by atoms with Crippen molar-refractivity contribution in [3.05, 3.63) is 35.4 Å². The summed E-state index contributed by atoms with van der Waals surface area (Å²) in [7, 11) is 0. The molecule has 94 valence electrons. The van der Waals surface area contributed by atoms with Gasteiger partial charge < -0.3 is 0 Å². The average molecular weight is 250 g/mol. The molecule has 0 saturated heterocycles. The van der Waals surface area contributed by atoms with Crippen molar-refractivity contribution in [1.82, 2.24) is 0 Å². The predicted molar refractivity (Wildman–Crippen MR) is 77.0 cm³/mol. The van der Waals surface area contributed by atoms with E-state index in [0.717, 1.165) is 11.3 Å². The van der Waals surface area contributed by atoms with Crippen LogP contribution in [0.25, 0.3) is 0 Å². The highest BCUT2D eigenvalue weighted by atomic mass is 32.2. The summed E-state index contributed by atoms with van der Waals surface area (Å²) in [6.45, 7) is 6.25. The summed E-state index contributed by atoms with van der Waals surface area (Å²) in [6.07, 6.45) is 3.71. The van der Waals surface area contributed by atoms with Crippen LogP contribution in [-0.2, 0) is 0 Å². The minimum Gasteiger partial charge on any atom is -0.293 e. The molecule has 17 heavy (non-hydrogen) atoms. The summed E-state index contributed by atoms with van der Waals surface area (Å²) in [5.41, 5.74) is 2.04. The lowest BCUT2D eigenvalue weighted by atomic mass is 10.1. The molecule has 0 heterocycles. The van der Waals surface area contributed by atoms with Gasteiger partial charge in [-0.15, -0.1) is 0 Å². The number of unbranched alkanes of at least 4 members (excludes halogenated alkanes) is 2. The second-order valence-corrected chi connectivity index (χ2v) is 5.90. The van der Waals surface area contributed by atoms with Gasteiger partial charge in [-0.1, -0.05) is 49.6 Å². The van der Waals surface area contributed by atoms with Crippen LogP contribution in [-0.4, -0.2) is 16.8 Å². The molecule has 1 aromatic carbocycles. The lowest BCUT2D eigenvalue weighted by Gasteiger charge is -2.10. The third-order valence-electron chi connectivity index (χ3n) is 2.82. The Hall–Kier alpha value is -0.760. The Labute approximate surface area is 109 Å². The van der Waals surface area contributed by atoms with Gasteiger partial charge in [0.25, 0.3) is 0 Å². The van der Waals surface area contributed by atoms with Gasteiger partial charge in [0.1, 0.15) is 0 Å². The number of hydrogen-bond acceptors (Lipinski definition) is 2. The fraction of sp³-hybridized carbons (Fsp3) is 0.533. The van der Waals surface area contributed by atoms with Crippen LogP contribution < -0.4 is 0 Å². The highest BCUT2D eigenvalue weighted by Crippen LogP contribution is 2.18. The molecule has 1 nitrogen and oxygen atoms in total. The average Bonchev–Trinajstić information content (AvgIpc) is 2.34. The smallest absolute Gasteiger partial charge is 0.175 e. The van der Waals surface area contributed by atoms with E-state index in [-0.39, 0.29) is 11.0 Å². The molecule has 2 heteroatoms. The third-order valence-corrected chi connectivity index (χ3v) is 4.06. The van der Waals surface area contributed by atoms with E-state index in [0.29, 0.717) is 0 Å². The Balaban J connectivity index is 2.43. The van der Waals surface area contributed by atoms with Crippen LogP contribution in [0.4, 0.5) is 0 Å². The first-order valence-corrected chi connectivity index (χ1v) is 7.42. The van der Waals surface area contributed by atoms with Crippen LogP contribution in [0.3, 0.4) is 0 Å². The maximum atomic E-state index is 12.1. The van der Waals surface area contributed by atoms with Gasteiger partial charge in [-0.2, -0.15) is 11.8 Å². The molecule has 0 aromatic heterocycles. The van der Waals surface area contributed by atoms with E-state index < -0.39 is 0 Å². The molecule has 0 bridgehead atoms. The topological polar surface area (TPSA) is 17.1 Å². The lowest BCUT2D eigenvalue weighted by molar-refractivity contribution is 0.0994. The Kier molecular flexibility index (Phi) is 6.35. The monoisotopic (exact) mass is 250 g/mol. The molecular formula is C15H22OS. The quantitative estimate of drug-likeness (QED) is 0.524. The Morgan fingerprint density at radius 1 is 1.24 bits per heavy atom. The van der Waals surface area contributed by atoms with E-state index in [9.17, 15) is 4.79 Å². The summed E-state index contributed by atoms with van der Waals surface area (Å²) < 4.78 is 0. The van der Waals surface area contributed by atoms with E-state index in [1.54, 1.807) is 11.8 Å². The van der Waals surface area contributed by atoms with Crippen molar-refractivity contribution >= 4 is 17.5 Å². The van der Waals surface area contributed by atoms with Crippen LogP contribution in [0.5, 0.6) is 0 Å². The molecule has 0 fully saturated rings. The Morgan fingerprint density at radius 3 is 2.47 bits per heavy atom. The van der Waals surface area contributed by atoms with Crippen molar-refractivity contribution in [1.29, 1.82) is 0 Å². The van der Waals surface area contributed by atoms with Crippen LogP contribution in [0.2, 0.25) is 0 Å². The minimum absolute atomic E-state index is 0.0783. The molecule has 0 amide bonds. The molecule has 0 N–H and O–H groups in total. The van der Waals surface area contributed by atoms with Crippen LogP contribution >= 0.6 is 11.8 Å². The van der Waals surface area contributed by atoms with Gasteiger partial charge in [-0.3, -0.25) is 4.79 Å². The molecular weight excluding hydrogens is 228 g/mol. The van der Waals surface area contributed by atoms with Gasteiger partial charge in [0, 0.05) is 5.56 Å². The fourth-order valence-electron chi connectivity index (χ4n) is 1.64. The number of rotatable bonds is 7. The van der Waals surface area contributed by atoms with E-state index >= 15 is 0 Å². The number of hydrogen-bond donors (Lipinski definition) is 0. The second kappa shape index (κ2) is 7.54. The van der Waals surface area contributed by atoms with Crippen LogP contribution in [0.1, 0.15) is 49.0 Å². The molecule has 0 aliphatic rings. The number of thioether (sulfide) groups is 1. The summed E-state index contributed by atoms with van der Waals surface area (Å²) in [6, 6.07) is 7.87. The molecule has 1 aromatic rings. The molecule has 0 saturated carbocycles. The highest BCUT2D eigenvalue weighted by molar-refractivity contribution is 8.00. The van der Waals surface area contributed by atoms with Crippen molar-refractivity contribution < 1.29 is 4.79 Å². The number of benzene rings is 1. The van der Waals surface area contributed by atoms with E-state index in [4.69, 9.17) is 0 Å². The van der Waals surface area contributed by atoms with E-state index in [1.807, 2.05) is 38.1 Å². The number of Topliss-reactive ketones (excluding diaryl/α,β-unsaturated/α-hetero) is 1. The number of aryl methyl sites for hydroxylation is 1. The molecule has 0 aliphatic carbocycles. The van der Waals surface area contributed by atoms with E-state index in [1.165, 1.54) is 24.8 Å². The number of carbonyl (C=O) groups is 1. The first-order chi connectivity index (χ1) is 8.15. The molecule has 0 spiro atoms. The van der Waals surface area contributed by atoms with E-state index in [2.05, 4.69) is 6.92 Å². The van der Waals surface area contributed by atoms with Gasteiger partial charge in [-0.05, 0) is 26.0 Å². The molecule has 0 radical (unpaired) electrons. The zero-order valence-electron chi connectivity index (χ0n) is 11.0. The summed E-state index contributed by atoms with van der Waals surface area (Å²) in [5, 5.41) is 0.0783. The summed E-state index contributed by atoms with van der Waals surface area (Å²) in [4.78, 5) is 12.1. The fourth-order valence-corrected chi connectivity index (χ4v) is 2.65. The Morgan fingerprint density at radius 2 is 1.88 bits per heavy atom. The summed E-state index contributed by atoms with van der Waals surface area (Å²) in [5.74, 6) is 1.35. The molecule has 1 rings (SSSR count). The largest absolute Gasteiger partial charge is 0.293 e. The minimum atomic E-state index is 0.0783. The normalized spacial score (nSPS) is 12.4. The molecule has 1 unspecified atom stereocenters. The zero-order chi connectivity index (χ0) is 12.7. The van der Waals surface area contributed by atoms with Crippen molar-refractivity contribution in [2.24, 2.45) is 0 Å². The van der Waals surface area contributed by atoms with Crippen molar-refractivity contribution in [3.63, 3.8) is 0 Å². The molecule has 1 atom stereocenters.